The molecule has 144 valence electrons. The largest absolute Gasteiger partial charge is 0.495 e. The lowest BCUT2D eigenvalue weighted by molar-refractivity contribution is -0.122. The van der Waals surface area contributed by atoms with Gasteiger partial charge in [-0.25, -0.2) is 0 Å². The molecule has 2 amide bonds. The third kappa shape index (κ3) is 3.61. The van der Waals surface area contributed by atoms with Crippen LogP contribution in [0.15, 0.2) is 41.3 Å². The number of amides is 2. The van der Waals surface area contributed by atoms with Gasteiger partial charge in [0.05, 0.1) is 23.7 Å². The number of benzene rings is 2. The number of hydrogen-bond acceptors (Lipinski definition) is 7. The third-order valence-corrected chi connectivity index (χ3v) is 5.36. The van der Waals surface area contributed by atoms with E-state index in [9.17, 15) is 9.59 Å². The zero-order valence-electron chi connectivity index (χ0n) is 14.7. The number of carbonyl (C=O) groups excluding carboxylic acids is 2. The van der Waals surface area contributed by atoms with Crippen LogP contribution in [0, 0.1) is 0 Å². The summed E-state index contributed by atoms with van der Waals surface area (Å²) in [7, 11) is 1.53. The van der Waals surface area contributed by atoms with Crippen LogP contribution in [0.5, 0.6) is 17.2 Å². The highest BCUT2D eigenvalue weighted by Gasteiger charge is 2.35. The summed E-state index contributed by atoms with van der Waals surface area (Å²) in [4.78, 5) is 26.4. The first-order chi connectivity index (χ1) is 13.5. The maximum Gasteiger partial charge on any atom is 0.295 e. The number of ether oxygens (including phenoxy) is 3. The molecule has 1 saturated heterocycles. The first-order valence-electron chi connectivity index (χ1n) is 8.27. The first kappa shape index (κ1) is 18.5. The number of thioether (sulfide) groups is 1. The van der Waals surface area contributed by atoms with Gasteiger partial charge in [0, 0.05) is 5.69 Å². The van der Waals surface area contributed by atoms with Crippen LogP contribution in [-0.4, -0.2) is 36.6 Å². The monoisotopic (exact) mass is 418 g/mol. The number of anilines is 1. The van der Waals surface area contributed by atoms with Gasteiger partial charge >= 0.3 is 0 Å². The van der Waals surface area contributed by atoms with Crippen LogP contribution in [0.25, 0.3) is 6.08 Å². The highest BCUT2D eigenvalue weighted by atomic mass is 35.5. The summed E-state index contributed by atoms with van der Waals surface area (Å²) >= 11 is 6.99. The third-order valence-electron chi connectivity index (χ3n) is 4.16. The predicted octanol–water partition coefficient (Wildman–Crippen LogP) is 4.18. The molecule has 0 unspecified atom stereocenters. The number of carbonyl (C=O) groups is 2. The maximum atomic E-state index is 12.6. The topological polar surface area (TPSA) is 77.1 Å². The van der Waals surface area contributed by atoms with E-state index in [2.05, 4.69) is 5.32 Å². The van der Waals surface area contributed by atoms with Gasteiger partial charge in [-0.15, -0.1) is 0 Å². The Bertz CT molecular complexity index is 994. The van der Waals surface area contributed by atoms with Gasteiger partial charge in [0.15, 0.2) is 11.5 Å². The molecule has 2 aromatic carbocycles. The van der Waals surface area contributed by atoms with Gasteiger partial charge in [-0.1, -0.05) is 17.7 Å². The smallest absolute Gasteiger partial charge is 0.295 e. The standard InChI is InChI=1S/C19H15ClN2O5S/c1-25-14-5-3-12(8-13(14)20)21-9-22-18(23)17(28-19(22)24)7-11-2-4-15-16(6-11)27-10-26-15/h2-8,21H,9-10H2,1H3. The molecule has 0 radical (unpaired) electrons. The number of halogens is 1. The van der Waals surface area contributed by atoms with Crippen molar-refractivity contribution in [2.45, 2.75) is 0 Å². The number of imide groups is 1. The summed E-state index contributed by atoms with van der Waals surface area (Å²) in [5.74, 6) is 1.46. The fraction of sp³-hybridized carbons (Fsp3) is 0.158. The number of nitrogens with one attached hydrogen (secondary N) is 1. The number of rotatable bonds is 5. The van der Waals surface area contributed by atoms with E-state index in [-0.39, 0.29) is 24.6 Å². The van der Waals surface area contributed by atoms with Crippen molar-refractivity contribution >= 4 is 46.3 Å². The molecule has 0 spiro atoms. The van der Waals surface area contributed by atoms with Gasteiger partial charge in [-0.3, -0.25) is 14.5 Å². The molecular weight excluding hydrogens is 404 g/mol. The molecule has 9 heteroatoms. The van der Waals surface area contributed by atoms with Crippen molar-refractivity contribution in [1.29, 1.82) is 0 Å². The van der Waals surface area contributed by atoms with E-state index in [1.54, 1.807) is 42.5 Å². The fourth-order valence-corrected chi connectivity index (χ4v) is 3.83. The molecule has 0 saturated carbocycles. The molecule has 28 heavy (non-hydrogen) atoms. The average Bonchev–Trinajstić information content (AvgIpc) is 3.25. The van der Waals surface area contributed by atoms with Crippen LogP contribution in [0.3, 0.4) is 0 Å². The van der Waals surface area contributed by atoms with Gasteiger partial charge in [-0.05, 0) is 53.7 Å². The Morgan fingerprint density at radius 1 is 1.21 bits per heavy atom. The first-order valence-corrected chi connectivity index (χ1v) is 9.47. The Kier molecular flexibility index (Phi) is 5.06. The molecule has 7 nitrogen and oxygen atoms in total. The van der Waals surface area contributed by atoms with Crippen molar-refractivity contribution in [3.05, 3.63) is 51.9 Å². The second kappa shape index (κ2) is 7.65. The van der Waals surface area contributed by atoms with E-state index in [0.717, 1.165) is 22.2 Å². The zero-order valence-corrected chi connectivity index (χ0v) is 16.3. The van der Waals surface area contributed by atoms with Crippen molar-refractivity contribution < 1.29 is 23.8 Å². The second-order valence-electron chi connectivity index (χ2n) is 5.91. The van der Waals surface area contributed by atoms with Gasteiger partial charge < -0.3 is 19.5 Å². The van der Waals surface area contributed by atoms with Crippen LogP contribution in [0.1, 0.15) is 5.56 Å². The normalized spacial score (nSPS) is 16.8. The molecule has 1 N–H and O–H groups in total. The molecule has 0 aliphatic carbocycles. The number of fused-ring (bicyclic) bond motifs is 1. The van der Waals surface area contributed by atoms with E-state index < -0.39 is 0 Å². The van der Waals surface area contributed by atoms with Crippen LogP contribution in [0.2, 0.25) is 5.02 Å². The fourth-order valence-electron chi connectivity index (χ4n) is 2.74. The summed E-state index contributed by atoms with van der Waals surface area (Å²) < 4.78 is 15.7. The molecule has 0 atom stereocenters. The van der Waals surface area contributed by atoms with Crippen molar-refractivity contribution in [2.75, 3.05) is 25.9 Å². The molecular formula is C19H15ClN2O5S. The van der Waals surface area contributed by atoms with Crippen molar-refractivity contribution in [3.8, 4) is 17.2 Å². The van der Waals surface area contributed by atoms with Crippen LogP contribution < -0.4 is 19.5 Å². The molecule has 4 rings (SSSR count). The second-order valence-corrected chi connectivity index (χ2v) is 7.31. The van der Waals surface area contributed by atoms with Gasteiger partial charge in [0.2, 0.25) is 6.79 Å². The van der Waals surface area contributed by atoms with E-state index >= 15 is 0 Å². The molecule has 0 bridgehead atoms. The zero-order chi connectivity index (χ0) is 19.7. The average molecular weight is 419 g/mol. The summed E-state index contributed by atoms with van der Waals surface area (Å²) in [6.45, 7) is 0.210. The molecule has 2 heterocycles. The van der Waals surface area contributed by atoms with Crippen LogP contribution >= 0.6 is 23.4 Å². The lowest BCUT2D eigenvalue weighted by Crippen LogP contribution is -2.33. The number of hydrogen-bond donors (Lipinski definition) is 1. The summed E-state index contributed by atoms with van der Waals surface area (Å²) in [6.07, 6.45) is 1.66. The minimum atomic E-state index is -0.361. The Morgan fingerprint density at radius 2 is 2.04 bits per heavy atom. The lowest BCUT2D eigenvalue weighted by atomic mass is 10.2. The SMILES string of the molecule is COc1ccc(NCN2C(=O)SC(=Cc3ccc4c(c3)OCO4)C2=O)cc1Cl. The highest BCUT2D eigenvalue weighted by Crippen LogP contribution is 2.36. The predicted molar refractivity (Wildman–Crippen MR) is 107 cm³/mol. The van der Waals surface area contributed by atoms with E-state index in [0.29, 0.717) is 32.9 Å². The van der Waals surface area contributed by atoms with Gasteiger partial charge in [-0.2, -0.15) is 0 Å². The van der Waals surface area contributed by atoms with E-state index in [4.69, 9.17) is 25.8 Å². The molecule has 0 aromatic heterocycles. The van der Waals surface area contributed by atoms with Crippen molar-refractivity contribution in [3.63, 3.8) is 0 Å². The summed E-state index contributed by atoms with van der Waals surface area (Å²) in [5.41, 5.74) is 1.43. The van der Waals surface area contributed by atoms with Gasteiger partial charge in [0.25, 0.3) is 11.1 Å². The van der Waals surface area contributed by atoms with E-state index in [1.807, 2.05) is 0 Å². The maximum absolute atomic E-state index is 12.6. The highest BCUT2D eigenvalue weighted by molar-refractivity contribution is 8.18. The van der Waals surface area contributed by atoms with Crippen molar-refractivity contribution in [1.82, 2.24) is 4.90 Å². The lowest BCUT2D eigenvalue weighted by Gasteiger charge is -2.15. The Hall–Kier alpha value is -2.84. The van der Waals surface area contributed by atoms with Crippen molar-refractivity contribution in [2.24, 2.45) is 0 Å². The molecule has 2 aromatic rings. The Morgan fingerprint density at radius 3 is 2.82 bits per heavy atom. The van der Waals surface area contributed by atoms with Crippen LogP contribution in [0.4, 0.5) is 10.5 Å². The summed E-state index contributed by atoms with van der Waals surface area (Å²) in [6, 6.07) is 10.5. The Labute approximate surface area is 170 Å². The minimum absolute atomic E-state index is 0.0335. The Balaban J connectivity index is 1.46. The summed E-state index contributed by atoms with van der Waals surface area (Å²) in [5, 5.41) is 3.12. The minimum Gasteiger partial charge on any atom is -0.495 e. The van der Waals surface area contributed by atoms with Crippen LogP contribution in [-0.2, 0) is 4.79 Å². The molecule has 1 fully saturated rings. The van der Waals surface area contributed by atoms with Gasteiger partial charge in [0.1, 0.15) is 5.75 Å². The number of methoxy groups -OCH3 is 1. The number of nitrogens with zero attached hydrogens (tertiary/aromatic N) is 1. The molecule has 2 aliphatic heterocycles. The van der Waals surface area contributed by atoms with E-state index in [1.165, 1.54) is 7.11 Å². The quantitative estimate of drug-likeness (QED) is 0.729. The molecule has 2 aliphatic rings.